The molecule has 0 spiro atoms. The lowest BCUT2D eigenvalue weighted by molar-refractivity contribution is -0.136. The molecule has 0 bridgehead atoms. The van der Waals surface area contributed by atoms with Crippen LogP contribution in [0.4, 0.5) is 4.39 Å². The summed E-state index contributed by atoms with van der Waals surface area (Å²) in [4.78, 5) is 13.5. The molecule has 0 amide bonds. The number of aryl methyl sites for hydroxylation is 3. The van der Waals surface area contributed by atoms with Crippen LogP contribution in [0.3, 0.4) is 0 Å². The fourth-order valence-corrected chi connectivity index (χ4v) is 5.95. The highest BCUT2D eigenvalue weighted by atomic mass is 19.1. The van der Waals surface area contributed by atoms with Crippen LogP contribution < -0.4 is 10.5 Å². The maximum atomic E-state index is 13.5. The summed E-state index contributed by atoms with van der Waals surface area (Å²) in [5.41, 5.74) is 11.8. The third-order valence-electron chi connectivity index (χ3n) is 8.14. The van der Waals surface area contributed by atoms with Gasteiger partial charge in [0.15, 0.2) is 5.58 Å². The fourth-order valence-electron chi connectivity index (χ4n) is 5.95. The van der Waals surface area contributed by atoms with Crippen LogP contribution in [-0.2, 0) is 30.5 Å². The minimum atomic E-state index is -0.782. The summed E-state index contributed by atoms with van der Waals surface area (Å²) >= 11 is 0. The molecule has 8 heteroatoms. The molecule has 0 atom stereocenters. The summed E-state index contributed by atoms with van der Waals surface area (Å²) in [7, 11) is 0. The number of ether oxygens (including phenoxy) is 1. The first kappa shape index (κ1) is 29.7. The van der Waals surface area contributed by atoms with Crippen LogP contribution in [0.5, 0.6) is 5.75 Å². The Balaban J connectivity index is 1.09. The van der Waals surface area contributed by atoms with E-state index in [4.69, 9.17) is 20.1 Å². The number of hydrogen-bond donors (Lipinski definition) is 2. The molecule has 42 heavy (non-hydrogen) atoms. The minimum absolute atomic E-state index is 0.126. The summed E-state index contributed by atoms with van der Waals surface area (Å²) in [5, 5.41) is 14.3. The highest BCUT2D eigenvalue weighted by Gasteiger charge is 2.25. The lowest BCUT2D eigenvalue weighted by Crippen LogP contribution is -2.34. The van der Waals surface area contributed by atoms with Crippen molar-refractivity contribution in [1.29, 1.82) is 0 Å². The molecule has 0 aliphatic carbocycles. The van der Waals surface area contributed by atoms with Crippen LogP contribution in [-0.4, -0.2) is 53.9 Å². The van der Waals surface area contributed by atoms with Crippen LogP contribution >= 0.6 is 0 Å². The standard InChI is InChI=1S/C34H40FN3O4/c35-29-9-10-30-32(23-29)42-37-34(30)28-13-17-38(18-14-28)16-3-19-41-31-5-2-1-4-27(31)8-6-24-20-25(7-11-33(39)40)22-26(21-24)12-15-36/h1-2,4-5,9-10,20-23,28H,3,6-8,11-19,36H2,(H,39,40). The number of nitrogens with two attached hydrogens (primary N) is 1. The maximum absolute atomic E-state index is 13.5. The van der Waals surface area contributed by atoms with Crippen molar-refractivity contribution in [1.82, 2.24) is 10.1 Å². The summed E-state index contributed by atoms with van der Waals surface area (Å²) in [6, 6.07) is 19.3. The highest BCUT2D eigenvalue weighted by Crippen LogP contribution is 2.33. The molecule has 5 rings (SSSR count). The largest absolute Gasteiger partial charge is 0.493 e. The summed E-state index contributed by atoms with van der Waals surface area (Å²) < 4.78 is 25.1. The Hall–Kier alpha value is -3.75. The molecule has 222 valence electrons. The lowest BCUT2D eigenvalue weighted by atomic mass is 9.91. The van der Waals surface area contributed by atoms with Crippen molar-refractivity contribution in [2.24, 2.45) is 5.73 Å². The molecular formula is C34H40FN3O4. The number of benzene rings is 3. The predicted octanol–water partition coefficient (Wildman–Crippen LogP) is 5.92. The molecule has 4 aromatic rings. The van der Waals surface area contributed by atoms with Crippen molar-refractivity contribution in [2.75, 3.05) is 32.8 Å². The number of aromatic nitrogens is 1. The van der Waals surface area contributed by atoms with E-state index in [0.717, 1.165) is 86.1 Å². The Labute approximate surface area is 246 Å². The molecule has 0 radical (unpaired) electrons. The normalized spacial score (nSPS) is 14.4. The second-order valence-corrected chi connectivity index (χ2v) is 11.2. The third-order valence-corrected chi connectivity index (χ3v) is 8.14. The quantitative estimate of drug-likeness (QED) is 0.181. The zero-order chi connectivity index (χ0) is 29.3. The number of carboxylic acid groups (broad SMARTS) is 1. The summed E-state index contributed by atoms with van der Waals surface area (Å²) in [5.74, 6) is 0.173. The van der Waals surface area contributed by atoms with E-state index in [1.165, 1.54) is 23.3 Å². The third kappa shape index (κ3) is 7.95. The van der Waals surface area contributed by atoms with Crippen molar-refractivity contribution < 1.29 is 23.6 Å². The van der Waals surface area contributed by atoms with Gasteiger partial charge in [0.05, 0.1) is 12.3 Å². The minimum Gasteiger partial charge on any atom is -0.493 e. The van der Waals surface area contributed by atoms with Crippen LogP contribution in [0.15, 0.2) is 65.2 Å². The van der Waals surface area contributed by atoms with Crippen LogP contribution in [0, 0.1) is 5.82 Å². The van der Waals surface area contributed by atoms with Crippen molar-refractivity contribution >= 4 is 16.9 Å². The van der Waals surface area contributed by atoms with Crippen molar-refractivity contribution in [2.45, 2.75) is 57.3 Å². The number of para-hydroxylation sites is 1. The molecule has 1 saturated heterocycles. The number of likely N-dealkylation sites (tertiary alicyclic amines) is 1. The number of nitrogens with zero attached hydrogens (tertiary/aromatic N) is 2. The van der Waals surface area contributed by atoms with Gasteiger partial charge in [0.25, 0.3) is 0 Å². The van der Waals surface area contributed by atoms with E-state index in [-0.39, 0.29) is 12.2 Å². The van der Waals surface area contributed by atoms with E-state index in [2.05, 4.69) is 34.3 Å². The maximum Gasteiger partial charge on any atom is 0.303 e. The molecule has 1 aliphatic heterocycles. The Kier molecular flexibility index (Phi) is 10.2. The van der Waals surface area contributed by atoms with Gasteiger partial charge in [-0.15, -0.1) is 0 Å². The molecule has 1 fully saturated rings. The molecule has 3 aromatic carbocycles. The highest BCUT2D eigenvalue weighted by molar-refractivity contribution is 5.79. The number of piperidine rings is 1. The number of fused-ring (bicyclic) bond motifs is 1. The van der Waals surface area contributed by atoms with Gasteiger partial charge >= 0.3 is 5.97 Å². The zero-order valence-electron chi connectivity index (χ0n) is 24.1. The van der Waals surface area contributed by atoms with Gasteiger partial charge in [-0.3, -0.25) is 4.79 Å². The second-order valence-electron chi connectivity index (χ2n) is 11.2. The van der Waals surface area contributed by atoms with Crippen LogP contribution in [0.25, 0.3) is 11.0 Å². The number of aliphatic carboxylic acids is 1. The molecule has 1 aromatic heterocycles. The number of halogens is 1. The van der Waals surface area contributed by atoms with Gasteiger partial charge in [0.2, 0.25) is 0 Å². The van der Waals surface area contributed by atoms with Gasteiger partial charge in [0.1, 0.15) is 11.6 Å². The number of rotatable bonds is 14. The Morgan fingerprint density at radius 3 is 2.50 bits per heavy atom. The second kappa shape index (κ2) is 14.4. The summed E-state index contributed by atoms with van der Waals surface area (Å²) in [6.45, 7) is 4.19. The van der Waals surface area contributed by atoms with Crippen molar-refractivity contribution in [3.63, 3.8) is 0 Å². The van der Waals surface area contributed by atoms with E-state index in [0.29, 0.717) is 31.1 Å². The zero-order valence-corrected chi connectivity index (χ0v) is 24.1. The molecular weight excluding hydrogens is 533 g/mol. The van der Waals surface area contributed by atoms with Crippen LogP contribution in [0.1, 0.15) is 59.5 Å². The van der Waals surface area contributed by atoms with Crippen molar-refractivity contribution in [3.8, 4) is 5.75 Å². The molecule has 2 heterocycles. The van der Waals surface area contributed by atoms with Gasteiger partial charge in [-0.2, -0.15) is 0 Å². The van der Waals surface area contributed by atoms with E-state index in [1.54, 1.807) is 6.07 Å². The Morgan fingerprint density at radius 1 is 1.00 bits per heavy atom. The molecule has 7 nitrogen and oxygen atoms in total. The molecule has 0 unspecified atom stereocenters. The topological polar surface area (TPSA) is 102 Å². The predicted molar refractivity (Wildman–Crippen MR) is 162 cm³/mol. The summed E-state index contributed by atoms with van der Waals surface area (Å²) in [6.07, 6.45) is 6.09. The van der Waals surface area contributed by atoms with Gasteiger partial charge in [0, 0.05) is 30.3 Å². The van der Waals surface area contributed by atoms with Gasteiger partial charge in [-0.25, -0.2) is 4.39 Å². The van der Waals surface area contributed by atoms with E-state index in [1.807, 2.05) is 18.2 Å². The molecule has 3 N–H and O–H groups in total. The fraction of sp³-hybridized carbons (Fsp3) is 0.412. The first-order valence-corrected chi connectivity index (χ1v) is 15.0. The van der Waals surface area contributed by atoms with E-state index < -0.39 is 5.97 Å². The van der Waals surface area contributed by atoms with E-state index >= 15 is 0 Å². The Morgan fingerprint density at radius 2 is 1.74 bits per heavy atom. The number of carboxylic acids is 1. The average molecular weight is 574 g/mol. The van der Waals surface area contributed by atoms with Gasteiger partial charge in [-0.05, 0) is 105 Å². The van der Waals surface area contributed by atoms with Crippen LogP contribution in [0.2, 0.25) is 0 Å². The monoisotopic (exact) mass is 573 g/mol. The van der Waals surface area contributed by atoms with Gasteiger partial charge in [-0.1, -0.05) is 41.6 Å². The lowest BCUT2D eigenvalue weighted by Gasteiger charge is -2.31. The first-order valence-electron chi connectivity index (χ1n) is 15.0. The van der Waals surface area contributed by atoms with Crippen molar-refractivity contribution in [3.05, 3.63) is 94.4 Å². The number of hydrogen-bond acceptors (Lipinski definition) is 6. The van der Waals surface area contributed by atoms with E-state index in [9.17, 15) is 9.18 Å². The molecule has 1 aliphatic rings. The number of carbonyl (C=O) groups is 1. The molecule has 0 saturated carbocycles. The smallest absolute Gasteiger partial charge is 0.303 e. The first-order chi connectivity index (χ1) is 20.5. The Bertz CT molecular complexity index is 1480. The van der Waals surface area contributed by atoms with Gasteiger partial charge < -0.3 is 25.0 Å². The average Bonchev–Trinajstić information content (AvgIpc) is 3.41. The SMILES string of the molecule is NCCc1cc(CCC(=O)O)cc(CCc2ccccc2OCCCN2CCC(c3noc4cc(F)ccc34)CC2)c1.